The van der Waals surface area contributed by atoms with Crippen molar-refractivity contribution >= 4 is 49.9 Å². The summed E-state index contributed by atoms with van der Waals surface area (Å²) in [6, 6.07) is 9.73. The Bertz CT molecular complexity index is 1520. The third kappa shape index (κ3) is 6.14. The number of fused-ring (bicyclic) bond motifs is 2. The lowest BCUT2D eigenvalue weighted by atomic mass is 10.0. The molecule has 1 atom stereocenters. The number of hydrogen-bond acceptors (Lipinski definition) is 7. The van der Waals surface area contributed by atoms with Crippen LogP contribution in [0.1, 0.15) is 35.9 Å². The molecule has 7 nitrogen and oxygen atoms in total. The van der Waals surface area contributed by atoms with E-state index in [2.05, 4.69) is 26.3 Å². The molecule has 0 spiro atoms. The first-order valence-corrected chi connectivity index (χ1v) is 13.9. The van der Waals surface area contributed by atoms with Gasteiger partial charge in [-0.1, -0.05) is 24.6 Å². The number of aromatic nitrogens is 3. The van der Waals surface area contributed by atoms with Gasteiger partial charge in [0.2, 0.25) is 0 Å². The normalized spacial score (nSPS) is 16.1. The number of aliphatic hydroxyl groups excluding tert-OH is 1. The zero-order valence-electron chi connectivity index (χ0n) is 21.3. The number of piperidine rings is 1. The molecule has 0 saturated carbocycles. The highest BCUT2D eigenvalue weighted by Crippen LogP contribution is 2.34. The Labute approximate surface area is 232 Å². The zero-order chi connectivity index (χ0) is 27.7. The summed E-state index contributed by atoms with van der Waals surface area (Å²) in [7, 11) is 0. The maximum Gasteiger partial charge on any atom is 0.393 e. The summed E-state index contributed by atoms with van der Waals surface area (Å²) in [5, 5.41) is 24.6. The van der Waals surface area contributed by atoms with E-state index in [1.165, 1.54) is 6.33 Å². The van der Waals surface area contributed by atoms with Gasteiger partial charge >= 0.3 is 6.18 Å². The zero-order valence-corrected chi connectivity index (χ0v) is 22.9. The van der Waals surface area contributed by atoms with E-state index < -0.39 is 12.6 Å². The average Bonchev–Trinajstić information content (AvgIpc) is 3.47. The molecule has 2 N–H and O–H groups in total. The van der Waals surface area contributed by atoms with Crippen LogP contribution >= 0.6 is 22.9 Å². The highest BCUT2D eigenvalue weighted by atomic mass is 35.5. The van der Waals surface area contributed by atoms with E-state index >= 15 is 0 Å². The van der Waals surface area contributed by atoms with Crippen LogP contribution in [0.4, 0.5) is 19.0 Å². The highest BCUT2D eigenvalue weighted by Gasteiger charge is 2.29. The van der Waals surface area contributed by atoms with Crippen LogP contribution in [0.5, 0.6) is 0 Å². The van der Waals surface area contributed by atoms with Crippen molar-refractivity contribution in [2.75, 3.05) is 25.0 Å². The Kier molecular flexibility index (Phi) is 8.01. The quantitative estimate of drug-likeness (QED) is 0.268. The van der Waals surface area contributed by atoms with E-state index in [1.54, 1.807) is 6.07 Å². The molecule has 12 heteroatoms. The van der Waals surface area contributed by atoms with E-state index in [-0.39, 0.29) is 23.4 Å². The Balaban J connectivity index is 1.24. The van der Waals surface area contributed by atoms with Crippen molar-refractivity contribution in [1.29, 1.82) is 5.26 Å². The minimum Gasteiger partial charge on any atom is -0.396 e. The lowest BCUT2D eigenvalue weighted by molar-refractivity contribution is -0.126. The fourth-order valence-corrected chi connectivity index (χ4v) is 6.40. The lowest BCUT2D eigenvalue weighted by Crippen LogP contribution is -2.38. The van der Waals surface area contributed by atoms with Crippen molar-refractivity contribution in [3.05, 3.63) is 51.7 Å². The van der Waals surface area contributed by atoms with Gasteiger partial charge in [0.25, 0.3) is 0 Å². The van der Waals surface area contributed by atoms with Gasteiger partial charge < -0.3 is 15.0 Å². The highest BCUT2D eigenvalue weighted by molar-refractivity contribution is 7.18. The van der Waals surface area contributed by atoms with Gasteiger partial charge in [0.15, 0.2) is 0 Å². The Morgan fingerprint density at radius 1 is 1.23 bits per heavy atom. The third-order valence-electron chi connectivity index (χ3n) is 7.10. The number of nitrogens with zero attached hydrogens (tertiary/aromatic N) is 5. The van der Waals surface area contributed by atoms with Crippen LogP contribution in [0.25, 0.3) is 21.1 Å². The van der Waals surface area contributed by atoms with Gasteiger partial charge in [-0.2, -0.15) is 18.4 Å². The van der Waals surface area contributed by atoms with Crippen LogP contribution in [0.3, 0.4) is 0 Å². The molecular weight excluding hydrogens is 549 g/mol. The Morgan fingerprint density at radius 3 is 2.69 bits per heavy atom. The van der Waals surface area contributed by atoms with Crippen LogP contribution in [0.15, 0.2) is 30.6 Å². The molecule has 1 fully saturated rings. The molecule has 1 aliphatic heterocycles. The molecule has 1 aromatic carbocycles. The number of nitriles is 1. The second kappa shape index (κ2) is 11.3. The first-order valence-electron chi connectivity index (χ1n) is 12.8. The fourth-order valence-electron chi connectivity index (χ4n) is 5.10. The van der Waals surface area contributed by atoms with Gasteiger partial charge in [-0.25, -0.2) is 9.97 Å². The van der Waals surface area contributed by atoms with Gasteiger partial charge in [-0.3, -0.25) is 4.90 Å². The average molecular weight is 577 g/mol. The summed E-state index contributed by atoms with van der Waals surface area (Å²) in [5.74, 6) is 0.589. The van der Waals surface area contributed by atoms with Crippen LogP contribution in [0, 0.1) is 17.2 Å². The second-order valence-electron chi connectivity index (χ2n) is 10.2. The van der Waals surface area contributed by atoms with Crippen molar-refractivity contribution in [2.24, 2.45) is 5.92 Å². The number of hydrogen-bond donors (Lipinski definition) is 2. The molecule has 5 rings (SSSR count). The predicted octanol–water partition coefficient (Wildman–Crippen LogP) is 5.98. The van der Waals surface area contributed by atoms with Crippen molar-refractivity contribution in [3.8, 4) is 6.07 Å². The van der Waals surface area contributed by atoms with E-state index in [1.807, 2.05) is 29.7 Å². The number of benzene rings is 1. The fraction of sp³-hybridized carbons (Fsp3) is 0.444. The SMILES string of the molecule is C[C@H](CO)Cn1c(C#N)cc2c(Cl)c(CN3CCC(Nc4ncnc5sc(CC(F)(F)F)cc45)CC3)ccc21. The number of halogens is 4. The minimum atomic E-state index is -4.26. The topological polar surface area (TPSA) is 90.0 Å². The molecule has 1 aliphatic rings. The number of anilines is 1. The molecule has 0 unspecified atom stereocenters. The largest absolute Gasteiger partial charge is 0.396 e. The summed E-state index contributed by atoms with van der Waals surface area (Å²) in [6.07, 6.45) is -2.15. The molecule has 0 aliphatic carbocycles. The van der Waals surface area contributed by atoms with Gasteiger partial charge in [0.05, 0.1) is 22.3 Å². The molecular formula is C27H28ClF3N6OS. The standard InChI is InChI=1S/C27H28ClF3N6OS/c1-16(14-38)12-37-19(11-32)8-21-23(37)3-2-17(24(21)28)13-36-6-4-18(5-7-36)35-25-22-9-20(10-27(29,30)31)39-26(22)34-15-33-25/h2-3,8-9,15-16,18,38H,4-7,10,12-14H2,1H3,(H,33,34,35)/t16-/m0/s1. The number of nitrogens with one attached hydrogen (secondary N) is 1. The van der Waals surface area contributed by atoms with Crippen LogP contribution < -0.4 is 5.32 Å². The maximum atomic E-state index is 12.9. The third-order valence-corrected chi connectivity index (χ3v) is 8.59. The Morgan fingerprint density at radius 2 is 2.00 bits per heavy atom. The number of rotatable bonds is 8. The summed E-state index contributed by atoms with van der Waals surface area (Å²) in [4.78, 5) is 11.6. The molecule has 0 amide bonds. The monoisotopic (exact) mass is 576 g/mol. The van der Waals surface area contributed by atoms with Gasteiger partial charge in [0, 0.05) is 49.1 Å². The van der Waals surface area contributed by atoms with Crippen molar-refractivity contribution in [3.63, 3.8) is 0 Å². The van der Waals surface area contributed by atoms with Crippen LogP contribution in [-0.4, -0.2) is 56.5 Å². The lowest BCUT2D eigenvalue weighted by Gasteiger charge is -2.33. The van der Waals surface area contributed by atoms with Crippen LogP contribution in [0.2, 0.25) is 5.02 Å². The number of aliphatic hydroxyl groups is 1. The molecule has 0 radical (unpaired) electrons. The molecule has 39 heavy (non-hydrogen) atoms. The summed E-state index contributed by atoms with van der Waals surface area (Å²) < 4.78 is 40.5. The molecule has 4 aromatic rings. The summed E-state index contributed by atoms with van der Waals surface area (Å²) in [5.41, 5.74) is 2.39. The van der Waals surface area contributed by atoms with Gasteiger partial charge in [-0.05, 0) is 42.5 Å². The smallest absolute Gasteiger partial charge is 0.393 e. The van der Waals surface area contributed by atoms with Gasteiger partial charge in [0.1, 0.15) is 28.7 Å². The van der Waals surface area contributed by atoms with Crippen molar-refractivity contribution in [2.45, 2.75) is 51.5 Å². The minimum absolute atomic E-state index is 0.0150. The van der Waals surface area contributed by atoms with Crippen molar-refractivity contribution < 1.29 is 18.3 Å². The molecule has 0 bridgehead atoms. The molecule has 206 valence electrons. The van der Waals surface area contributed by atoms with Gasteiger partial charge in [-0.15, -0.1) is 11.3 Å². The van der Waals surface area contributed by atoms with E-state index in [0.717, 1.165) is 53.7 Å². The maximum absolute atomic E-state index is 12.9. The summed E-state index contributed by atoms with van der Waals surface area (Å²) in [6.45, 7) is 4.82. The van der Waals surface area contributed by atoms with E-state index in [0.29, 0.717) is 39.8 Å². The first-order chi connectivity index (χ1) is 18.6. The van der Waals surface area contributed by atoms with Crippen molar-refractivity contribution in [1.82, 2.24) is 19.4 Å². The van der Waals surface area contributed by atoms with E-state index in [4.69, 9.17) is 11.6 Å². The summed E-state index contributed by atoms with van der Waals surface area (Å²) >= 11 is 7.86. The predicted molar refractivity (Wildman–Crippen MR) is 147 cm³/mol. The number of alkyl halides is 3. The first kappa shape index (κ1) is 27.6. The molecule has 3 aromatic heterocycles. The second-order valence-corrected chi connectivity index (χ2v) is 11.6. The number of likely N-dealkylation sites (tertiary alicyclic amines) is 1. The Hall–Kier alpha value is -2.91. The number of thiophene rings is 1. The van der Waals surface area contributed by atoms with E-state index in [9.17, 15) is 23.5 Å². The van der Waals surface area contributed by atoms with Crippen LogP contribution in [-0.2, 0) is 19.5 Å². The molecule has 4 heterocycles. The molecule has 1 saturated heterocycles.